The van der Waals surface area contributed by atoms with Crippen molar-refractivity contribution in [2.75, 3.05) is 24.7 Å². The summed E-state index contributed by atoms with van der Waals surface area (Å²) >= 11 is 0. The minimum Gasteiger partial charge on any atom is -0.455 e. The first kappa shape index (κ1) is 29.8. The predicted octanol–water partition coefficient (Wildman–Crippen LogP) is 5.98. The van der Waals surface area contributed by atoms with E-state index in [-0.39, 0.29) is 33.9 Å². The second-order valence-electron chi connectivity index (χ2n) is 10.4. The van der Waals surface area contributed by atoms with Gasteiger partial charge in [0.05, 0.1) is 29.3 Å². The van der Waals surface area contributed by atoms with E-state index in [9.17, 15) is 26.4 Å². The van der Waals surface area contributed by atoms with Crippen LogP contribution in [0.2, 0.25) is 0 Å². The van der Waals surface area contributed by atoms with Crippen LogP contribution in [0.5, 0.6) is 0 Å². The molecule has 6 aromatic rings. The Hall–Kier alpha value is -5.24. The molecule has 3 heterocycles. The number of benzene rings is 3. The lowest BCUT2D eigenvalue weighted by Gasteiger charge is -2.20. The molecule has 0 bridgehead atoms. The molecule has 1 amide bonds. The summed E-state index contributed by atoms with van der Waals surface area (Å²) in [5.74, 6) is -0.0352. The van der Waals surface area contributed by atoms with Crippen LogP contribution in [-0.2, 0) is 16.2 Å². The molecular formula is C31H25F3N6O4S. The summed E-state index contributed by atoms with van der Waals surface area (Å²) in [4.78, 5) is 26.6. The van der Waals surface area contributed by atoms with Crippen molar-refractivity contribution < 1.29 is 30.8 Å². The number of fused-ring (bicyclic) bond motifs is 2. The first-order valence-electron chi connectivity index (χ1n) is 13.5. The fraction of sp³-hybridized carbons (Fsp3) is 0.161. The Balaban J connectivity index is 1.59. The smallest absolute Gasteiger partial charge is 0.416 e. The summed E-state index contributed by atoms with van der Waals surface area (Å²) in [6.07, 6.45) is -0.614. The number of hydrogen-bond donors (Lipinski definition) is 1. The molecule has 10 nitrogen and oxygen atoms in total. The molecule has 1 N–H and O–H groups in total. The number of alkyl halides is 3. The lowest BCUT2D eigenvalue weighted by atomic mass is 10.0. The molecule has 0 atom stereocenters. The fourth-order valence-corrected chi connectivity index (χ4v) is 5.46. The Morgan fingerprint density at radius 1 is 1.02 bits per heavy atom. The van der Waals surface area contributed by atoms with Crippen molar-refractivity contribution in [2.24, 2.45) is 0 Å². The van der Waals surface area contributed by atoms with Crippen LogP contribution in [0.3, 0.4) is 0 Å². The largest absolute Gasteiger partial charge is 0.455 e. The Labute approximate surface area is 255 Å². The second-order valence-corrected chi connectivity index (χ2v) is 12.4. The maximum absolute atomic E-state index is 13.2. The summed E-state index contributed by atoms with van der Waals surface area (Å²) in [5.41, 5.74) is 2.80. The summed E-state index contributed by atoms with van der Waals surface area (Å²) in [6.45, 7) is 1.93. The van der Waals surface area contributed by atoms with Gasteiger partial charge in [0.15, 0.2) is 11.5 Å². The molecule has 0 saturated heterocycles. The molecule has 3 aromatic carbocycles. The third-order valence-corrected chi connectivity index (χ3v) is 8.61. The highest BCUT2D eigenvalue weighted by atomic mass is 32.2. The average molecular weight is 635 g/mol. The molecule has 6 rings (SSSR count). The van der Waals surface area contributed by atoms with Crippen molar-refractivity contribution in [1.29, 1.82) is 0 Å². The zero-order valence-electron chi connectivity index (χ0n) is 24.3. The van der Waals surface area contributed by atoms with Crippen molar-refractivity contribution >= 4 is 43.8 Å². The van der Waals surface area contributed by atoms with Crippen LogP contribution in [0.25, 0.3) is 50.5 Å². The van der Waals surface area contributed by atoms with Crippen molar-refractivity contribution in [2.45, 2.75) is 13.1 Å². The van der Waals surface area contributed by atoms with E-state index in [2.05, 4.69) is 20.3 Å². The van der Waals surface area contributed by atoms with Gasteiger partial charge in [0.2, 0.25) is 10.0 Å². The SMILES string of the molecule is CNC(=O)c1c(-c2ccc(C)cc2)oc2cc(N(C)S(C)(=O)=O)c(-c3ncc4ncn(-c5ccc(C(F)(F)F)cc5)c4n3)cc12. The highest BCUT2D eigenvalue weighted by molar-refractivity contribution is 7.92. The van der Waals surface area contributed by atoms with E-state index in [0.717, 1.165) is 28.3 Å². The number of furan rings is 1. The van der Waals surface area contributed by atoms with E-state index in [4.69, 9.17) is 4.42 Å². The van der Waals surface area contributed by atoms with Crippen molar-refractivity contribution in [3.05, 3.63) is 89.9 Å². The molecule has 3 aromatic heterocycles. The van der Waals surface area contributed by atoms with Gasteiger partial charge in [0.25, 0.3) is 5.91 Å². The van der Waals surface area contributed by atoms with E-state index in [1.807, 2.05) is 31.2 Å². The number of carbonyl (C=O) groups excluding carboxylic acids is 1. The van der Waals surface area contributed by atoms with E-state index in [1.54, 1.807) is 6.07 Å². The minimum absolute atomic E-state index is 0.0875. The topological polar surface area (TPSA) is 123 Å². The summed E-state index contributed by atoms with van der Waals surface area (Å²) in [5, 5.41) is 3.04. The molecule has 0 unspecified atom stereocenters. The number of sulfonamides is 1. The number of rotatable bonds is 6. The summed E-state index contributed by atoms with van der Waals surface area (Å²) in [7, 11) is -0.926. The van der Waals surface area contributed by atoms with E-state index < -0.39 is 27.7 Å². The summed E-state index contributed by atoms with van der Waals surface area (Å²) in [6, 6.07) is 15.0. The number of amides is 1. The molecule has 0 radical (unpaired) electrons. The molecule has 0 aliphatic rings. The number of carbonyl (C=O) groups is 1. The number of nitrogens with one attached hydrogen (secondary N) is 1. The van der Waals surface area contributed by atoms with Gasteiger partial charge in [-0.25, -0.2) is 23.4 Å². The van der Waals surface area contributed by atoms with Gasteiger partial charge in [-0.3, -0.25) is 13.7 Å². The van der Waals surface area contributed by atoms with Gasteiger partial charge in [0, 0.05) is 42.4 Å². The number of imidazole rings is 1. The van der Waals surface area contributed by atoms with Gasteiger partial charge in [-0.15, -0.1) is 0 Å². The summed E-state index contributed by atoms with van der Waals surface area (Å²) < 4.78 is 73.7. The molecule has 45 heavy (non-hydrogen) atoms. The van der Waals surface area contributed by atoms with Crippen LogP contribution in [0.1, 0.15) is 21.5 Å². The molecule has 14 heteroatoms. The highest BCUT2D eigenvalue weighted by Crippen LogP contribution is 2.41. The van der Waals surface area contributed by atoms with E-state index in [0.29, 0.717) is 27.9 Å². The molecule has 0 spiro atoms. The maximum atomic E-state index is 13.2. The monoisotopic (exact) mass is 634 g/mol. The van der Waals surface area contributed by atoms with Crippen LogP contribution >= 0.6 is 0 Å². The number of anilines is 1. The molecule has 230 valence electrons. The molecule has 0 fully saturated rings. The Morgan fingerprint density at radius 2 is 1.71 bits per heavy atom. The number of hydrogen-bond acceptors (Lipinski definition) is 7. The van der Waals surface area contributed by atoms with Gasteiger partial charge >= 0.3 is 6.18 Å². The second kappa shape index (κ2) is 10.7. The number of aryl methyl sites for hydroxylation is 1. The average Bonchev–Trinajstić information content (AvgIpc) is 3.60. The van der Waals surface area contributed by atoms with Gasteiger partial charge < -0.3 is 9.73 Å². The minimum atomic E-state index is -4.49. The van der Waals surface area contributed by atoms with Crippen LogP contribution in [0.4, 0.5) is 18.9 Å². The zero-order valence-corrected chi connectivity index (χ0v) is 25.2. The van der Waals surface area contributed by atoms with Crippen molar-refractivity contribution in [3.63, 3.8) is 0 Å². The number of halogens is 3. The molecule has 0 aliphatic heterocycles. The standard InChI is InChI=1S/C31H25F3N6O4S/c1-17-5-7-18(8-6-17)27-26(30(41)35-2)22-13-21(24(14-25(22)44-27)39(3)45(4,42)43)28-36-15-23-29(38-28)40(16-37-23)20-11-9-19(10-12-20)31(32,33)34/h5-16H,1-4H3,(H,35,41). The zero-order chi connectivity index (χ0) is 32.3. The third kappa shape index (κ3) is 5.37. The van der Waals surface area contributed by atoms with Gasteiger partial charge in [0.1, 0.15) is 23.2 Å². The van der Waals surface area contributed by atoms with Gasteiger partial charge in [-0.2, -0.15) is 13.2 Å². The molecule has 0 aliphatic carbocycles. The third-order valence-electron chi connectivity index (χ3n) is 7.42. The fourth-order valence-electron chi connectivity index (χ4n) is 4.95. The Bertz CT molecular complexity index is 2210. The van der Waals surface area contributed by atoms with Crippen molar-refractivity contribution in [3.8, 4) is 28.4 Å². The van der Waals surface area contributed by atoms with Crippen molar-refractivity contribution in [1.82, 2.24) is 24.8 Å². The van der Waals surface area contributed by atoms with Crippen LogP contribution in [0.15, 0.2) is 77.6 Å². The first-order valence-corrected chi connectivity index (χ1v) is 15.3. The number of aromatic nitrogens is 4. The van der Waals surface area contributed by atoms with E-state index >= 15 is 0 Å². The quantitative estimate of drug-likeness (QED) is 0.239. The van der Waals surface area contributed by atoms with Crippen LogP contribution < -0.4 is 9.62 Å². The number of nitrogens with zero attached hydrogens (tertiary/aromatic N) is 5. The van der Waals surface area contributed by atoms with Gasteiger partial charge in [-0.1, -0.05) is 29.8 Å². The lowest BCUT2D eigenvalue weighted by molar-refractivity contribution is -0.137. The predicted molar refractivity (Wildman–Crippen MR) is 164 cm³/mol. The van der Waals surface area contributed by atoms with Crippen LogP contribution in [0, 0.1) is 6.92 Å². The van der Waals surface area contributed by atoms with Crippen LogP contribution in [-0.4, -0.2) is 54.2 Å². The molecule has 0 saturated carbocycles. The van der Waals surface area contributed by atoms with E-state index in [1.165, 1.54) is 49.4 Å². The Morgan fingerprint density at radius 3 is 2.33 bits per heavy atom. The first-order chi connectivity index (χ1) is 21.3. The van der Waals surface area contributed by atoms with Gasteiger partial charge in [-0.05, 0) is 37.3 Å². The normalized spacial score (nSPS) is 12.2. The maximum Gasteiger partial charge on any atom is 0.416 e. The lowest BCUT2D eigenvalue weighted by Crippen LogP contribution is -2.25. The Kier molecular flexibility index (Phi) is 7.11. The highest BCUT2D eigenvalue weighted by Gasteiger charge is 2.30. The molecular weight excluding hydrogens is 609 g/mol.